The van der Waals surface area contributed by atoms with Crippen molar-refractivity contribution in [3.8, 4) is 0 Å². The second-order valence-corrected chi connectivity index (χ2v) is 6.51. The number of hydrogen-bond acceptors (Lipinski definition) is 2. The quantitative estimate of drug-likeness (QED) is 0.892. The van der Waals surface area contributed by atoms with Gasteiger partial charge in [-0.2, -0.15) is 0 Å². The lowest BCUT2D eigenvalue weighted by atomic mass is 9.68. The van der Waals surface area contributed by atoms with Gasteiger partial charge in [0.2, 0.25) is 0 Å². The van der Waals surface area contributed by atoms with E-state index in [1.165, 1.54) is 38.2 Å². The van der Waals surface area contributed by atoms with Gasteiger partial charge < -0.3 is 10.0 Å². The standard InChI is InChI=1S/C17H22FNO2/c18-13-4-5-15(14(12-13)16(20)21)19-10-8-17(9-11-19)6-2-1-3-7-17/h4-5,12H,1-3,6-11H2,(H,20,21). The smallest absolute Gasteiger partial charge is 0.337 e. The number of carboxylic acid groups (broad SMARTS) is 1. The Labute approximate surface area is 124 Å². The minimum absolute atomic E-state index is 0.0783. The largest absolute Gasteiger partial charge is 0.478 e. The van der Waals surface area contributed by atoms with Crippen molar-refractivity contribution in [1.82, 2.24) is 0 Å². The lowest BCUT2D eigenvalue weighted by Gasteiger charge is -2.45. The first-order valence-corrected chi connectivity index (χ1v) is 7.88. The average molecular weight is 291 g/mol. The molecule has 21 heavy (non-hydrogen) atoms. The first-order valence-electron chi connectivity index (χ1n) is 7.88. The molecule has 114 valence electrons. The van der Waals surface area contributed by atoms with Gasteiger partial charge in [-0.3, -0.25) is 0 Å². The summed E-state index contributed by atoms with van der Waals surface area (Å²) in [6.07, 6.45) is 8.90. The van der Waals surface area contributed by atoms with E-state index in [0.717, 1.165) is 32.0 Å². The number of hydrogen-bond donors (Lipinski definition) is 1. The normalized spacial score (nSPS) is 21.5. The van der Waals surface area contributed by atoms with Crippen LogP contribution < -0.4 is 4.90 Å². The molecule has 1 saturated carbocycles. The van der Waals surface area contributed by atoms with Crippen LogP contribution in [0.1, 0.15) is 55.3 Å². The van der Waals surface area contributed by atoms with Crippen LogP contribution in [0.15, 0.2) is 18.2 Å². The monoisotopic (exact) mass is 291 g/mol. The predicted molar refractivity (Wildman–Crippen MR) is 80.3 cm³/mol. The van der Waals surface area contributed by atoms with Gasteiger partial charge in [-0.15, -0.1) is 0 Å². The van der Waals surface area contributed by atoms with Crippen molar-refractivity contribution >= 4 is 11.7 Å². The van der Waals surface area contributed by atoms with Crippen LogP contribution in [0.25, 0.3) is 0 Å². The number of nitrogens with zero attached hydrogens (tertiary/aromatic N) is 1. The van der Waals surface area contributed by atoms with Crippen LogP contribution in [0.5, 0.6) is 0 Å². The minimum atomic E-state index is -1.05. The van der Waals surface area contributed by atoms with Gasteiger partial charge in [-0.05, 0) is 49.3 Å². The first-order chi connectivity index (χ1) is 10.1. The molecule has 2 fully saturated rings. The zero-order chi connectivity index (χ0) is 14.9. The lowest BCUT2D eigenvalue weighted by Crippen LogP contribution is -2.41. The number of carboxylic acids is 1. The summed E-state index contributed by atoms with van der Waals surface area (Å²) in [6, 6.07) is 4.09. The molecule has 0 unspecified atom stereocenters. The molecule has 1 aliphatic heterocycles. The van der Waals surface area contributed by atoms with Gasteiger partial charge in [0.05, 0.1) is 11.3 Å². The van der Waals surface area contributed by atoms with Crippen LogP contribution >= 0.6 is 0 Å². The zero-order valence-electron chi connectivity index (χ0n) is 12.3. The summed E-state index contributed by atoms with van der Waals surface area (Å²) in [5.74, 6) is -1.54. The number of benzene rings is 1. The highest BCUT2D eigenvalue weighted by molar-refractivity contribution is 5.94. The molecule has 0 amide bonds. The Morgan fingerprint density at radius 2 is 1.76 bits per heavy atom. The van der Waals surface area contributed by atoms with Gasteiger partial charge in [-0.1, -0.05) is 19.3 Å². The molecule has 1 saturated heterocycles. The van der Waals surface area contributed by atoms with Crippen LogP contribution in [0.3, 0.4) is 0 Å². The molecule has 2 aliphatic rings. The molecule has 1 aromatic carbocycles. The third-order valence-electron chi connectivity index (χ3n) is 5.27. The molecule has 3 nitrogen and oxygen atoms in total. The Morgan fingerprint density at radius 1 is 1.10 bits per heavy atom. The van der Waals surface area contributed by atoms with Gasteiger partial charge in [0.25, 0.3) is 0 Å². The number of carbonyl (C=O) groups is 1. The van der Waals surface area contributed by atoms with Crippen molar-refractivity contribution in [3.63, 3.8) is 0 Å². The molecule has 1 aliphatic carbocycles. The molecule has 0 radical (unpaired) electrons. The number of piperidine rings is 1. The van der Waals surface area contributed by atoms with E-state index in [0.29, 0.717) is 11.1 Å². The van der Waals surface area contributed by atoms with Crippen LogP contribution in [-0.2, 0) is 0 Å². The van der Waals surface area contributed by atoms with Crippen molar-refractivity contribution in [2.24, 2.45) is 5.41 Å². The fourth-order valence-electron chi connectivity index (χ4n) is 3.98. The molecule has 4 heteroatoms. The highest BCUT2D eigenvalue weighted by Gasteiger charge is 2.36. The molecule has 1 spiro atoms. The van der Waals surface area contributed by atoms with Crippen molar-refractivity contribution in [2.45, 2.75) is 44.9 Å². The SMILES string of the molecule is O=C(O)c1cc(F)ccc1N1CCC2(CCCCC2)CC1. The first kappa shape index (κ1) is 14.4. The van der Waals surface area contributed by atoms with Crippen LogP contribution in [0.2, 0.25) is 0 Å². The minimum Gasteiger partial charge on any atom is -0.478 e. The van der Waals surface area contributed by atoms with Crippen LogP contribution in [-0.4, -0.2) is 24.2 Å². The number of rotatable bonds is 2. The molecule has 0 atom stereocenters. The topological polar surface area (TPSA) is 40.5 Å². The molecule has 1 heterocycles. The van der Waals surface area contributed by atoms with Gasteiger partial charge in [-0.25, -0.2) is 9.18 Å². The van der Waals surface area contributed by atoms with Crippen molar-refractivity contribution in [3.05, 3.63) is 29.6 Å². The Morgan fingerprint density at radius 3 is 2.38 bits per heavy atom. The summed E-state index contributed by atoms with van der Waals surface area (Å²) in [4.78, 5) is 13.4. The highest BCUT2D eigenvalue weighted by Crippen LogP contribution is 2.45. The second kappa shape index (κ2) is 5.66. The van der Waals surface area contributed by atoms with Crippen molar-refractivity contribution in [2.75, 3.05) is 18.0 Å². The van der Waals surface area contributed by atoms with Crippen LogP contribution in [0, 0.1) is 11.2 Å². The van der Waals surface area contributed by atoms with Crippen LogP contribution in [0.4, 0.5) is 10.1 Å². The zero-order valence-corrected chi connectivity index (χ0v) is 12.3. The van der Waals surface area contributed by atoms with E-state index in [1.54, 1.807) is 6.07 Å². The van der Waals surface area contributed by atoms with Gasteiger partial charge in [0.15, 0.2) is 0 Å². The van der Waals surface area contributed by atoms with E-state index in [1.807, 2.05) is 0 Å². The van der Waals surface area contributed by atoms with E-state index in [9.17, 15) is 14.3 Å². The third kappa shape index (κ3) is 2.89. The summed E-state index contributed by atoms with van der Waals surface area (Å²) in [5, 5.41) is 9.27. The van der Waals surface area contributed by atoms with Gasteiger partial charge in [0, 0.05) is 13.1 Å². The summed E-state index contributed by atoms with van der Waals surface area (Å²) < 4.78 is 13.3. The molecule has 1 aromatic rings. The van der Waals surface area contributed by atoms with Gasteiger partial charge in [0.1, 0.15) is 5.82 Å². The number of aromatic carboxylic acids is 1. The van der Waals surface area contributed by atoms with E-state index in [4.69, 9.17) is 0 Å². The summed E-state index contributed by atoms with van der Waals surface area (Å²) in [7, 11) is 0. The maximum atomic E-state index is 13.3. The van der Waals surface area contributed by atoms with Gasteiger partial charge >= 0.3 is 5.97 Å². The Kier molecular flexibility index (Phi) is 3.87. The van der Waals surface area contributed by atoms with E-state index < -0.39 is 11.8 Å². The summed E-state index contributed by atoms with van der Waals surface area (Å²) >= 11 is 0. The second-order valence-electron chi connectivity index (χ2n) is 6.51. The Hall–Kier alpha value is -1.58. The maximum Gasteiger partial charge on any atom is 0.337 e. The molecule has 0 aromatic heterocycles. The molecular formula is C17H22FNO2. The molecule has 0 bridgehead atoms. The van der Waals surface area contributed by atoms with Crippen molar-refractivity contribution < 1.29 is 14.3 Å². The molecule has 3 rings (SSSR count). The molecule has 1 N–H and O–H groups in total. The summed E-state index contributed by atoms with van der Waals surface area (Å²) in [6.45, 7) is 1.76. The fraction of sp³-hybridized carbons (Fsp3) is 0.588. The van der Waals surface area contributed by atoms with E-state index in [-0.39, 0.29) is 5.56 Å². The fourth-order valence-corrected chi connectivity index (χ4v) is 3.98. The number of anilines is 1. The highest BCUT2D eigenvalue weighted by atomic mass is 19.1. The average Bonchev–Trinajstić information content (AvgIpc) is 2.49. The maximum absolute atomic E-state index is 13.3. The number of halogens is 1. The molecular weight excluding hydrogens is 269 g/mol. The van der Waals surface area contributed by atoms with E-state index >= 15 is 0 Å². The summed E-state index contributed by atoms with van der Waals surface area (Å²) in [5.41, 5.74) is 1.22. The third-order valence-corrected chi connectivity index (χ3v) is 5.27. The lowest BCUT2D eigenvalue weighted by molar-refractivity contribution is 0.0696. The van der Waals surface area contributed by atoms with Crippen molar-refractivity contribution in [1.29, 1.82) is 0 Å². The van der Waals surface area contributed by atoms with E-state index in [2.05, 4.69) is 4.90 Å². The Balaban J connectivity index is 1.76. The predicted octanol–water partition coefficient (Wildman–Crippen LogP) is 4.07. The Bertz CT molecular complexity index is 528.